The monoisotopic (exact) mass is 734 g/mol. The molecule has 0 aliphatic heterocycles. The second-order valence-electron chi connectivity index (χ2n) is 14.3. The third-order valence-corrected chi connectivity index (χ3v) is 10.3. The Bertz CT molecular complexity index is 799. The van der Waals surface area contributed by atoms with E-state index in [2.05, 4.69) is 19.2 Å². The molecule has 2 atom stereocenters. The van der Waals surface area contributed by atoms with Crippen molar-refractivity contribution in [3.8, 4) is 0 Å². The highest BCUT2D eigenvalue weighted by Gasteiger charge is 2.23. The maximum absolute atomic E-state index is 12.0. The summed E-state index contributed by atoms with van der Waals surface area (Å²) in [6, 6.07) is 0. The van der Waals surface area contributed by atoms with Gasteiger partial charge in [-0.15, -0.1) is 0 Å². The summed E-state index contributed by atoms with van der Waals surface area (Å²) in [5.41, 5.74) is 0. The Morgan fingerprint density at radius 1 is 0.540 bits per heavy atom. The van der Waals surface area contributed by atoms with Crippen LogP contribution in [0, 0.1) is 0 Å². The number of hydrogen-bond acceptors (Lipinski definition) is 7. The van der Waals surface area contributed by atoms with Gasteiger partial charge in [0.05, 0.1) is 13.2 Å². The van der Waals surface area contributed by atoms with Crippen molar-refractivity contribution in [1.82, 2.24) is 5.32 Å². The molecule has 1 amide bonds. The molecule has 10 heteroatoms. The van der Waals surface area contributed by atoms with Gasteiger partial charge in [0.1, 0.15) is 12.7 Å². The molecule has 0 heterocycles. The SMILES string of the molecule is CCCCCCCCCCCCCCCCCCCCCCCCC(=O)OCC(O)COP(=O)(O)OCCNC(=O)CCCCCCCCC. The van der Waals surface area contributed by atoms with Gasteiger partial charge in [0, 0.05) is 19.4 Å². The Labute approximate surface area is 307 Å². The highest BCUT2D eigenvalue weighted by atomic mass is 31.2. The topological polar surface area (TPSA) is 131 Å². The van der Waals surface area contributed by atoms with Gasteiger partial charge in [0.25, 0.3) is 0 Å². The molecule has 0 saturated heterocycles. The molecule has 0 aliphatic carbocycles. The second kappa shape index (κ2) is 37.8. The lowest BCUT2D eigenvalue weighted by Crippen LogP contribution is -2.27. The van der Waals surface area contributed by atoms with Crippen LogP contribution in [0.4, 0.5) is 0 Å². The first kappa shape index (κ1) is 49.0. The van der Waals surface area contributed by atoms with Gasteiger partial charge in [-0.1, -0.05) is 187 Å². The Morgan fingerprint density at radius 2 is 0.900 bits per heavy atom. The number of hydrogen-bond donors (Lipinski definition) is 3. The number of phosphoric acid groups is 1. The van der Waals surface area contributed by atoms with Crippen LogP contribution in [0.3, 0.4) is 0 Å². The fourth-order valence-electron chi connectivity index (χ4n) is 6.09. The standard InChI is InChI=1S/C40H80NO8P/c1-3-5-7-9-11-12-13-14-15-16-17-18-19-20-21-22-23-24-25-27-29-31-33-40(44)47-36-38(42)37-49-50(45,46)48-35-34-41-39(43)32-30-28-26-10-8-6-4-2/h38,42H,3-37H2,1-2H3,(H,41,43)(H,45,46). The van der Waals surface area contributed by atoms with Gasteiger partial charge in [-0.2, -0.15) is 0 Å². The highest BCUT2D eigenvalue weighted by Crippen LogP contribution is 2.42. The van der Waals surface area contributed by atoms with Crippen molar-refractivity contribution < 1.29 is 37.9 Å². The number of ether oxygens (including phenoxy) is 1. The van der Waals surface area contributed by atoms with Gasteiger partial charge in [-0.05, 0) is 12.8 Å². The van der Waals surface area contributed by atoms with E-state index in [0.717, 1.165) is 38.5 Å². The Morgan fingerprint density at radius 3 is 1.30 bits per heavy atom. The maximum Gasteiger partial charge on any atom is 0.472 e. The summed E-state index contributed by atoms with van der Waals surface area (Å²) in [5, 5.41) is 12.6. The smallest absolute Gasteiger partial charge is 0.463 e. The van der Waals surface area contributed by atoms with Crippen LogP contribution in [0.2, 0.25) is 0 Å². The van der Waals surface area contributed by atoms with Crippen molar-refractivity contribution in [2.45, 2.75) is 219 Å². The normalized spacial score (nSPS) is 13.3. The van der Waals surface area contributed by atoms with Crippen molar-refractivity contribution in [3.05, 3.63) is 0 Å². The van der Waals surface area contributed by atoms with E-state index < -0.39 is 26.5 Å². The molecule has 0 aromatic rings. The molecular weight excluding hydrogens is 653 g/mol. The van der Waals surface area contributed by atoms with Crippen LogP contribution in [0.15, 0.2) is 0 Å². The molecule has 50 heavy (non-hydrogen) atoms. The van der Waals surface area contributed by atoms with E-state index in [1.54, 1.807) is 0 Å². The molecule has 0 radical (unpaired) electrons. The van der Waals surface area contributed by atoms with Gasteiger partial charge >= 0.3 is 13.8 Å². The van der Waals surface area contributed by atoms with Crippen LogP contribution in [0.25, 0.3) is 0 Å². The number of esters is 1. The third kappa shape index (κ3) is 38.2. The summed E-state index contributed by atoms with van der Waals surface area (Å²) >= 11 is 0. The minimum Gasteiger partial charge on any atom is -0.463 e. The Kier molecular flexibility index (Phi) is 37.0. The first-order chi connectivity index (χ1) is 24.3. The van der Waals surface area contributed by atoms with E-state index in [4.69, 9.17) is 13.8 Å². The van der Waals surface area contributed by atoms with Gasteiger partial charge in [-0.25, -0.2) is 4.57 Å². The number of rotatable bonds is 40. The predicted octanol–water partition coefficient (Wildman–Crippen LogP) is 11.3. The highest BCUT2D eigenvalue weighted by molar-refractivity contribution is 7.47. The molecule has 0 fully saturated rings. The summed E-state index contributed by atoms with van der Waals surface area (Å²) in [7, 11) is -4.40. The van der Waals surface area contributed by atoms with Crippen molar-refractivity contribution in [1.29, 1.82) is 0 Å². The van der Waals surface area contributed by atoms with E-state index >= 15 is 0 Å². The van der Waals surface area contributed by atoms with E-state index in [1.807, 2.05) is 0 Å². The molecule has 2 unspecified atom stereocenters. The van der Waals surface area contributed by atoms with Crippen molar-refractivity contribution >= 4 is 19.7 Å². The number of unbranched alkanes of at least 4 members (excludes halogenated alkanes) is 27. The minimum absolute atomic E-state index is 0.0863. The molecule has 0 spiro atoms. The third-order valence-electron chi connectivity index (χ3n) is 9.29. The second-order valence-corrected chi connectivity index (χ2v) is 15.8. The molecule has 3 N–H and O–H groups in total. The minimum atomic E-state index is -4.40. The number of amides is 1. The molecule has 0 aromatic heterocycles. The van der Waals surface area contributed by atoms with Crippen molar-refractivity contribution in [2.75, 3.05) is 26.4 Å². The first-order valence-electron chi connectivity index (χ1n) is 21.0. The lowest BCUT2D eigenvalue weighted by Gasteiger charge is -2.15. The molecule has 298 valence electrons. The molecule has 9 nitrogen and oxygen atoms in total. The number of phosphoric ester groups is 1. The van der Waals surface area contributed by atoms with Crippen molar-refractivity contribution in [3.63, 3.8) is 0 Å². The van der Waals surface area contributed by atoms with E-state index in [-0.39, 0.29) is 25.7 Å². The molecule has 0 aliphatic rings. The van der Waals surface area contributed by atoms with Gasteiger partial charge in [0.15, 0.2) is 0 Å². The molecule has 0 aromatic carbocycles. The first-order valence-corrected chi connectivity index (χ1v) is 22.5. The van der Waals surface area contributed by atoms with Crippen LogP contribution < -0.4 is 5.32 Å². The number of aliphatic hydroxyl groups excluding tert-OH is 1. The zero-order chi connectivity index (χ0) is 36.8. The largest absolute Gasteiger partial charge is 0.472 e. The van der Waals surface area contributed by atoms with Crippen LogP contribution in [-0.4, -0.2) is 54.3 Å². The van der Waals surface area contributed by atoms with Gasteiger partial charge in [0.2, 0.25) is 5.91 Å². The van der Waals surface area contributed by atoms with Gasteiger partial charge < -0.3 is 20.1 Å². The lowest BCUT2D eigenvalue weighted by atomic mass is 10.0. The molecule has 0 rings (SSSR count). The van der Waals surface area contributed by atoms with E-state index in [1.165, 1.54) is 148 Å². The summed E-state index contributed by atoms with van der Waals surface area (Å²) in [6.07, 6.45) is 36.3. The maximum atomic E-state index is 12.0. The number of aliphatic hydroxyl groups is 1. The van der Waals surface area contributed by atoms with Crippen LogP contribution in [-0.2, 0) is 27.9 Å². The van der Waals surface area contributed by atoms with Crippen molar-refractivity contribution in [2.24, 2.45) is 0 Å². The predicted molar refractivity (Wildman–Crippen MR) is 206 cm³/mol. The molecular formula is C40H80NO8P. The summed E-state index contributed by atoms with van der Waals surface area (Å²) in [6.45, 7) is 3.53. The zero-order valence-electron chi connectivity index (χ0n) is 32.6. The fraction of sp³-hybridized carbons (Fsp3) is 0.950. The molecule has 0 saturated carbocycles. The van der Waals surface area contributed by atoms with E-state index in [0.29, 0.717) is 12.8 Å². The fourth-order valence-corrected chi connectivity index (χ4v) is 6.84. The van der Waals surface area contributed by atoms with Gasteiger partial charge in [-0.3, -0.25) is 18.6 Å². The average Bonchev–Trinajstić information content (AvgIpc) is 3.10. The quantitative estimate of drug-likeness (QED) is 0.0322. The zero-order valence-corrected chi connectivity index (χ0v) is 33.5. The molecule has 0 bridgehead atoms. The van der Waals surface area contributed by atoms with Crippen LogP contribution in [0.5, 0.6) is 0 Å². The van der Waals surface area contributed by atoms with E-state index in [9.17, 15) is 24.2 Å². The Balaban J connectivity index is 3.49. The summed E-state index contributed by atoms with van der Waals surface area (Å²) in [5.74, 6) is -0.512. The number of carbonyl (C=O) groups excluding carboxylic acids is 2. The average molecular weight is 734 g/mol. The number of nitrogens with one attached hydrogen (secondary N) is 1. The summed E-state index contributed by atoms with van der Waals surface area (Å²) < 4.78 is 26.7. The summed E-state index contributed by atoms with van der Waals surface area (Å²) in [4.78, 5) is 33.6. The lowest BCUT2D eigenvalue weighted by molar-refractivity contribution is -0.147. The Hall–Kier alpha value is -0.990. The van der Waals surface area contributed by atoms with Crippen LogP contribution in [0.1, 0.15) is 213 Å². The van der Waals surface area contributed by atoms with Crippen LogP contribution >= 0.6 is 7.82 Å². The number of carbonyl (C=O) groups is 2.